The predicted molar refractivity (Wildman–Crippen MR) is 85.1 cm³/mol. The molecule has 0 fully saturated rings. The molecule has 2 aromatic rings. The van der Waals surface area contributed by atoms with Crippen LogP contribution in [0.2, 0.25) is 0 Å². The van der Waals surface area contributed by atoms with Crippen LogP contribution in [0.4, 0.5) is 0 Å². The van der Waals surface area contributed by atoms with E-state index >= 15 is 0 Å². The Balaban J connectivity index is 2.28. The highest BCUT2D eigenvalue weighted by Gasteiger charge is 2.35. The Morgan fingerprint density at radius 1 is 1.30 bits per heavy atom. The zero-order valence-electron chi connectivity index (χ0n) is 13.5. The lowest BCUT2D eigenvalue weighted by Crippen LogP contribution is -2.21. The first-order valence-corrected chi connectivity index (χ1v) is 7.26. The van der Waals surface area contributed by atoms with Crippen LogP contribution >= 0.6 is 0 Å². The summed E-state index contributed by atoms with van der Waals surface area (Å²) in [6.07, 6.45) is 0. The Labute approximate surface area is 134 Å². The highest BCUT2D eigenvalue weighted by molar-refractivity contribution is 5.58. The molecule has 1 atom stereocenters. The highest BCUT2D eigenvalue weighted by atomic mass is 16.5. The van der Waals surface area contributed by atoms with Gasteiger partial charge in [-0.05, 0) is 43.5 Å². The van der Waals surface area contributed by atoms with Crippen LogP contribution in [0.25, 0.3) is 0 Å². The number of allylic oxidation sites excluding steroid dienone is 1. The Morgan fingerprint density at radius 3 is 2.70 bits per heavy atom. The molecule has 1 unspecified atom stereocenters. The van der Waals surface area contributed by atoms with Crippen LogP contribution in [-0.4, -0.2) is 17.3 Å². The van der Waals surface area contributed by atoms with Crippen LogP contribution < -0.4 is 15.2 Å². The second kappa shape index (κ2) is 5.36. The third-order valence-corrected chi connectivity index (χ3v) is 4.45. The number of nitrogens with zero attached hydrogens (tertiary/aromatic N) is 2. The van der Waals surface area contributed by atoms with Crippen LogP contribution in [0.15, 0.2) is 23.6 Å². The van der Waals surface area contributed by atoms with Crippen molar-refractivity contribution in [1.82, 2.24) is 10.2 Å². The number of nitriles is 1. The Bertz CT molecular complexity index is 858. The van der Waals surface area contributed by atoms with Gasteiger partial charge in [-0.15, -0.1) is 0 Å². The first-order chi connectivity index (χ1) is 11.0. The summed E-state index contributed by atoms with van der Waals surface area (Å²) < 4.78 is 10.9. The van der Waals surface area contributed by atoms with Crippen molar-refractivity contribution in [1.29, 1.82) is 5.26 Å². The molecule has 0 radical (unpaired) electrons. The van der Waals surface area contributed by atoms with Gasteiger partial charge >= 0.3 is 0 Å². The van der Waals surface area contributed by atoms with E-state index in [0.717, 1.165) is 33.7 Å². The van der Waals surface area contributed by atoms with E-state index in [2.05, 4.69) is 16.3 Å². The second-order valence-corrected chi connectivity index (χ2v) is 5.58. The normalized spacial score (nSPS) is 16.6. The van der Waals surface area contributed by atoms with E-state index in [0.29, 0.717) is 11.5 Å². The van der Waals surface area contributed by atoms with Crippen molar-refractivity contribution in [2.75, 3.05) is 7.11 Å². The SMILES string of the molecule is COc1ccc(C2C(C#N)=C(N)Oc3[nH]nc(C)c32)c(C)c1C. The molecule has 0 saturated heterocycles. The van der Waals surface area contributed by atoms with E-state index < -0.39 is 0 Å². The van der Waals surface area contributed by atoms with Crippen molar-refractivity contribution in [3.8, 4) is 17.7 Å². The van der Waals surface area contributed by atoms with E-state index in [-0.39, 0.29) is 11.8 Å². The number of methoxy groups -OCH3 is 1. The number of rotatable bonds is 2. The lowest BCUT2D eigenvalue weighted by Gasteiger charge is -2.26. The van der Waals surface area contributed by atoms with Gasteiger partial charge in [-0.3, -0.25) is 0 Å². The molecule has 0 bridgehead atoms. The number of aromatic amines is 1. The van der Waals surface area contributed by atoms with Crippen molar-refractivity contribution in [2.45, 2.75) is 26.7 Å². The summed E-state index contributed by atoms with van der Waals surface area (Å²) in [5.74, 6) is 1.13. The average molecular weight is 310 g/mol. The van der Waals surface area contributed by atoms with Crippen LogP contribution in [0, 0.1) is 32.1 Å². The molecule has 3 N–H and O–H groups in total. The molecule has 6 nitrogen and oxygen atoms in total. The lowest BCUT2D eigenvalue weighted by atomic mass is 9.81. The van der Waals surface area contributed by atoms with Gasteiger partial charge in [0.1, 0.15) is 17.4 Å². The molecule has 0 spiro atoms. The fourth-order valence-electron chi connectivity index (χ4n) is 3.07. The molecule has 1 aromatic carbocycles. The number of aryl methyl sites for hydroxylation is 1. The summed E-state index contributed by atoms with van der Waals surface area (Å²) in [6, 6.07) is 6.07. The number of nitrogens with one attached hydrogen (secondary N) is 1. The maximum absolute atomic E-state index is 9.58. The fraction of sp³-hybridized carbons (Fsp3) is 0.294. The minimum Gasteiger partial charge on any atom is -0.496 e. The number of fused-ring (bicyclic) bond motifs is 1. The summed E-state index contributed by atoms with van der Waals surface area (Å²) in [4.78, 5) is 0. The predicted octanol–water partition coefficient (Wildman–Crippen LogP) is 2.56. The number of benzene rings is 1. The van der Waals surface area contributed by atoms with Gasteiger partial charge in [-0.25, -0.2) is 5.10 Å². The van der Waals surface area contributed by atoms with Crippen LogP contribution in [0.1, 0.15) is 33.9 Å². The van der Waals surface area contributed by atoms with Gasteiger partial charge in [0.05, 0.1) is 24.3 Å². The molecule has 118 valence electrons. The Kier molecular flexibility index (Phi) is 3.49. The number of H-pyrrole nitrogens is 1. The molecule has 23 heavy (non-hydrogen) atoms. The van der Waals surface area contributed by atoms with E-state index in [1.807, 2.05) is 32.9 Å². The smallest absolute Gasteiger partial charge is 0.221 e. The summed E-state index contributed by atoms with van der Waals surface area (Å²) in [6.45, 7) is 5.90. The van der Waals surface area contributed by atoms with E-state index in [9.17, 15) is 5.26 Å². The van der Waals surface area contributed by atoms with Gasteiger partial charge in [0.25, 0.3) is 0 Å². The molecule has 1 aliphatic heterocycles. The fourth-order valence-corrected chi connectivity index (χ4v) is 3.07. The van der Waals surface area contributed by atoms with Crippen molar-refractivity contribution in [3.05, 3.63) is 51.5 Å². The first kappa shape index (κ1) is 15.0. The number of ether oxygens (including phenoxy) is 2. The molecule has 0 aliphatic carbocycles. The molecule has 0 amide bonds. The van der Waals surface area contributed by atoms with Crippen LogP contribution in [-0.2, 0) is 0 Å². The summed E-state index contributed by atoms with van der Waals surface area (Å²) in [5, 5.41) is 16.6. The zero-order valence-corrected chi connectivity index (χ0v) is 13.5. The van der Waals surface area contributed by atoms with Gasteiger partial charge in [0, 0.05) is 0 Å². The van der Waals surface area contributed by atoms with E-state index in [4.69, 9.17) is 15.2 Å². The number of hydrogen-bond donors (Lipinski definition) is 2. The first-order valence-electron chi connectivity index (χ1n) is 7.26. The zero-order chi connectivity index (χ0) is 16.7. The molecule has 0 saturated carbocycles. The summed E-state index contributed by atoms with van der Waals surface area (Å²) in [5.41, 5.74) is 11.1. The largest absolute Gasteiger partial charge is 0.496 e. The molecule has 3 rings (SSSR count). The quantitative estimate of drug-likeness (QED) is 0.888. The molecule has 1 aliphatic rings. The molecule has 6 heteroatoms. The maximum Gasteiger partial charge on any atom is 0.221 e. The lowest BCUT2D eigenvalue weighted by molar-refractivity contribution is 0.378. The molecular weight excluding hydrogens is 292 g/mol. The topological polar surface area (TPSA) is 97.0 Å². The standard InChI is InChI=1S/C17H18N4O2/c1-8-9(2)13(22-4)6-5-11(8)15-12(7-18)16(19)23-17-14(15)10(3)20-21-17/h5-6,15H,19H2,1-4H3,(H,20,21). The number of nitrogens with two attached hydrogens (primary N) is 1. The van der Waals surface area contributed by atoms with Gasteiger partial charge in [0.15, 0.2) is 0 Å². The van der Waals surface area contributed by atoms with Crippen molar-refractivity contribution in [3.63, 3.8) is 0 Å². The second-order valence-electron chi connectivity index (χ2n) is 5.58. The number of aromatic nitrogens is 2. The molecule has 1 aromatic heterocycles. The molecule has 2 heterocycles. The van der Waals surface area contributed by atoms with Gasteiger partial charge in [-0.1, -0.05) is 6.07 Å². The number of hydrogen-bond acceptors (Lipinski definition) is 5. The Morgan fingerprint density at radius 2 is 2.04 bits per heavy atom. The maximum atomic E-state index is 9.58. The minimum atomic E-state index is -0.299. The highest BCUT2D eigenvalue weighted by Crippen LogP contribution is 2.44. The van der Waals surface area contributed by atoms with Crippen LogP contribution in [0.5, 0.6) is 11.6 Å². The Hall–Kier alpha value is -2.94. The monoisotopic (exact) mass is 310 g/mol. The van der Waals surface area contributed by atoms with Gasteiger partial charge in [-0.2, -0.15) is 10.4 Å². The van der Waals surface area contributed by atoms with E-state index in [1.54, 1.807) is 7.11 Å². The average Bonchev–Trinajstić information content (AvgIpc) is 2.89. The van der Waals surface area contributed by atoms with Crippen LogP contribution in [0.3, 0.4) is 0 Å². The third kappa shape index (κ3) is 2.13. The van der Waals surface area contributed by atoms with E-state index in [1.165, 1.54) is 0 Å². The summed E-state index contributed by atoms with van der Waals surface area (Å²) in [7, 11) is 1.65. The van der Waals surface area contributed by atoms with Crippen molar-refractivity contribution in [2.24, 2.45) is 5.73 Å². The van der Waals surface area contributed by atoms with Gasteiger partial charge in [0.2, 0.25) is 11.8 Å². The molecular formula is C17H18N4O2. The third-order valence-electron chi connectivity index (χ3n) is 4.45. The van der Waals surface area contributed by atoms with Gasteiger partial charge < -0.3 is 15.2 Å². The van der Waals surface area contributed by atoms with Crippen molar-refractivity contribution >= 4 is 0 Å². The van der Waals surface area contributed by atoms with Crippen molar-refractivity contribution < 1.29 is 9.47 Å². The minimum absolute atomic E-state index is 0.113. The summed E-state index contributed by atoms with van der Waals surface area (Å²) >= 11 is 0.